The maximum atomic E-state index is 10.8. The summed E-state index contributed by atoms with van der Waals surface area (Å²) in [7, 11) is 0. The molecule has 1 fully saturated rings. The summed E-state index contributed by atoms with van der Waals surface area (Å²) in [5.74, 6) is -0.724. The van der Waals surface area contributed by atoms with E-state index in [9.17, 15) is 4.79 Å². The molecular formula is C14H19BrN2O2. The number of rotatable bonds is 4. The number of anilines is 1. The van der Waals surface area contributed by atoms with Gasteiger partial charge in [-0.05, 0) is 37.6 Å². The van der Waals surface area contributed by atoms with E-state index in [-0.39, 0.29) is 12.5 Å². The van der Waals surface area contributed by atoms with Crippen LogP contribution in [0.25, 0.3) is 0 Å². The summed E-state index contributed by atoms with van der Waals surface area (Å²) < 4.78 is 1.05. The van der Waals surface area contributed by atoms with E-state index < -0.39 is 5.97 Å². The SMILES string of the molecule is O=C(O)CCC1CNCCCN1c1cccc(Br)c1. The van der Waals surface area contributed by atoms with Gasteiger partial charge in [-0.3, -0.25) is 4.79 Å². The molecular weight excluding hydrogens is 308 g/mol. The second-order valence-electron chi connectivity index (χ2n) is 4.82. The van der Waals surface area contributed by atoms with E-state index in [1.807, 2.05) is 12.1 Å². The van der Waals surface area contributed by atoms with Crippen LogP contribution in [-0.2, 0) is 4.79 Å². The molecule has 19 heavy (non-hydrogen) atoms. The zero-order valence-electron chi connectivity index (χ0n) is 10.8. The average Bonchev–Trinajstić information content (AvgIpc) is 2.61. The molecule has 2 rings (SSSR count). The number of hydrogen-bond acceptors (Lipinski definition) is 3. The second-order valence-corrected chi connectivity index (χ2v) is 5.73. The van der Waals surface area contributed by atoms with Crippen molar-refractivity contribution in [2.24, 2.45) is 0 Å². The monoisotopic (exact) mass is 326 g/mol. The Morgan fingerprint density at radius 2 is 2.37 bits per heavy atom. The van der Waals surface area contributed by atoms with E-state index in [4.69, 9.17) is 5.11 Å². The fourth-order valence-corrected chi connectivity index (χ4v) is 2.87. The number of benzene rings is 1. The number of aliphatic carboxylic acids is 1. The lowest BCUT2D eigenvalue weighted by atomic mass is 10.1. The van der Waals surface area contributed by atoms with E-state index in [2.05, 4.69) is 38.3 Å². The molecule has 1 saturated heterocycles. The lowest BCUT2D eigenvalue weighted by Gasteiger charge is -2.31. The lowest BCUT2D eigenvalue weighted by molar-refractivity contribution is -0.137. The third kappa shape index (κ3) is 4.21. The minimum absolute atomic E-state index is 0.219. The van der Waals surface area contributed by atoms with Crippen molar-refractivity contribution in [2.45, 2.75) is 25.3 Å². The van der Waals surface area contributed by atoms with Gasteiger partial charge >= 0.3 is 5.97 Å². The largest absolute Gasteiger partial charge is 0.481 e. The van der Waals surface area contributed by atoms with Gasteiger partial charge in [0, 0.05) is 35.7 Å². The quantitative estimate of drug-likeness (QED) is 0.892. The predicted molar refractivity (Wildman–Crippen MR) is 79.6 cm³/mol. The molecule has 104 valence electrons. The molecule has 0 amide bonds. The lowest BCUT2D eigenvalue weighted by Crippen LogP contribution is -2.40. The fraction of sp³-hybridized carbons (Fsp3) is 0.500. The van der Waals surface area contributed by atoms with Crippen molar-refractivity contribution in [3.05, 3.63) is 28.7 Å². The minimum atomic E-state index is -0.724. The summed E-state index contributed by atoms with van der Waals surface area (Å²) in [6.45, 7) is 2.81. The van der Waals surface area contributed by atoms with Crippen molar-refractivity contribution in [1.29, 1.82) is 0 Å². The Morgan fingerprint density at radius 1 is 1.53 bits per heavy atom. The topological polar surface area (TPSA) is 52.6 Å². The number of nitrogens with one attached hydrogen (secondary N) is 1. The van der Waals surface area contributed by atoms with Crippen molar-refractivity contribution in [3.8, 4) is 0 Å². The van der Waals surface area contributed by atoms with Crippen LogP contribution in [0, 0.1) is 0 Å². The number of halogens is 1. The first-order valence-corrected chi connectivity index (χ1v) is 7.41. The molecule has 0 aliphatic carbocycles. The van der Waals surface area contributed by atoms with Crippen molar-refractivity contribution >= 4 is 27.6 Å². The Hall–Kier alpha value is -1.07. The van der Waals surface area contributed by atoms with E-state index in [0.29, 0.717) is 6.42 Å². The Labute approximate surface area is 121 Å². The summed E-state index contributed by atoms with van der Waals surface area (Å²) >= 11 is 3.49. The molecule has 4 nitrogen and oxygen atoms in total. The van der Waals surface area contributed by atoms with Crippen molar-refractivity contribution in [1.82, 2.24) is 5.32 Å². The molecule has 0 radical (unpaired) electrons. The van der Waals surface area contributed by atoms with E-state index in [1.54, 1.807) is 0 Å². The fourth-order valence-electron chi connectivity index (χ4n) is 2.48. The van der Waals surface area contributed by atoms with Crippen LogP contribution in [0.3, 0.4) is 0 Å². The maximum Gasteiger partial charge on any atom is 0.303 e. The van der Waals surface area contributed by atoms with E-state index in [1.165, 1.54) is 0 Å². The van der Waals surface area contributed by atoms with Gasteiger partial charge in [-0.2, -0.15) is 0 Å². The normalized spacial score (nSPS) is 20.1. The number of hydrogen-bond donors (Lipinski definition) is 2. The molecule has 1 aliphatic rings. The van der Waals surface area contributed by atoms with Gasteiger partial charge in [0.25, 0.3) is 0 Å². The van der Waals surface area contributed by atoms with Gasteiger partial charge in [-0.15, -0.1) is 0 Å². The van der Waals surface area contributed by atoms with Gasteiger partial charge in [0.15, 0.2) is 0 Å². The number of carboxylic acid groups (broad SMARTS) is 1. The molecule has 0 saturated carbocycles. The van der Waals surface area contributed by atoms with Crippen LogP contribution >= 0.6 is 15.9 Å². The summed E-state index contributed by atoms with van der Waals surface area (Å²) in [4.78, 5) is 13.1. The van der Waals surface area contributed by atoms with Crippen LogP contribution in [0.1, 0.15) is 19.3 Å². The average molecular weight is 327 g/mol. The van der Waals surface area contributed by atoms with E-state index >= 15 is 0 Å². The van der Waals surface area contributed by atoms with Gasteiger partial charge in [-0.25, -0.2) is 0 Å². The highest BCUT2D eigenvalue weighted by Gasteiger charge is 2.21. The Kier molecular flexibility index (Phi) is 5.22. The van der Waals surface area contributed by atoms with Crippen molar-refractivity contribution < 1.29 is 9.90 Å². The van der Waals surface area contributed by atoms with Crippen LogP contribution in [0.15, 0.2) is 28.7 Å². The summed E-state index contributed by atoms with van der Waals surface area (Å²) in [6.07, 6.45) is 1.97. The summed E-state index contributed by atoms with van der Waals surface area (Å²) in [5, 5.41) is 12.3. The highest BCUT2D eigenvalue weighted by atomic mass is 79.9. The van der Waals surface area contributed by atoms with Crippen LogP contribution < -0.4 is 10.2 Å². The molecule has 1 aromatic rings. The first kappa shape index (κ1) is 14.3. The highest BCUT2D eigenvalue weighted by Crippen LogP contribution is 2.24. The minimum Gasteiger partial charge on any atom is -0.481 e. The van der Waals surface area contributed by atoms with E-state index in [0.717, 1.165) is 36.2 Å². The molecule has 2 N–H and O–H groups in total. The molecule has 5 heteroatoms. The summed E-state index contributed by atoms with van der Waals surface area (Å²) in [5.41, 5.74) is 1.16. The predicted octanol–water partition coefficient (Wildman–Crippen LogP) is 2.48. The maximum absolute atomic E-state index is 10.8. The summed E-state index contributed by atoms with van der Waals surface area (Å²) in [6, 6.07) is 8.45. The highest BCUT2D eigenvalue weighted by molar-refractivity contribution is 9.10. The Balaban J connectivity index is 2.14. The van der Waals surface area contributed by atoms with Gasteiger partial charge < -0.3 is 15.3 Å². The van der Waals surface area contributed by atoms with Crippen molar-refractivity contribution in [2.75, 3.05) is 24.5 Å². The zero-order chi connectivity index (χ0) is 13.7. The first-order valence-electron chi connectivity index (χ1n) is 6.61. The number of nitrogens with zero attached hydrogens (tertiary/aromatic N) is 1. The standard InChI is InChI=1S/C14H19BrN2O2/c15-11-3-1-4-12(9-11)17-8-2-7-16-10-13(17)5-6-14(18)19/h1,3-4,9,13,16H,2,5-8,10H2,(H,18,19). The van der Waals surface area contributed by atoms with Gasteiger partial charge in [0.2, 0.25) is 0 Å². The zero-order valence-corrected chi connectivity index (χ0v) is 12.4. The van der Waals surface area contributed by atoms with Gasteiger partial charge in [-0.1, -0.05) is 22.0 Å². The molecule has 1 unspecified atom stereocenters. The molecule has 1 heterocycles. The van der Waals surface area contributed by atoms with Gasteiger partial charge in [0.1, 0.15) is 0 Å². The third-order valence-electron chi connectivity index (χ3n) is 3.40. The molecule has 1 aliphatic heterocycles. The number of carboxylic acids is 1. The van der Waals surface area contributed by atoms with Crippen molar-refractivity contribution in [3.63, 3.8) is 0 Å². The van der Waals surface area contributed by atoms with Crippen LogP contribution in [0.5, 0.6) is 0 Å². The number of carbonyl (C=O) groups is 1. The van der Waals surface area contributed by atoms with Crippen LogP contribution in [0.2, 0.25) is 0 Å². The second kappa shape index (κ2) is 6.91. The third-order valence-corrected chi connectivity index (χ3v) is 3.90. The molecule has 1 atom stereocenters. The molecule has 0 aromatic heterocycles. The molecule has 0 bridgehead atoms. The smallest absolute Gasteiger partial charge is 0.303 e. The van der Waals surface area contributed by atoms with Gasteiger partial charge in [0.05, 0.1) is 0 Å². The molecule has 1 aromatic carbocycles. The Bertz CT molecular complexity index is 439. The van der Waals surface area contributed by atoms with Crippen LogP contribution in [-0.4, -0.2) is 36.8 Å². The first-order chi connectivity index (χ1) is 9.16. The molecule has 0 spiro atoms. The Morgan fingerprint density at radius 3 is 3.11 bits per heavy atom. The van der Waals surface area contributed by atoms with Crippen LogP contribution in [0.4, 0.5) is 5.69 Å².